The molecule has 0 aromatic heterocycles. The quantitative estimate of drug-likeness (QED) is 0.752. The Morgan fingerprint density at radius 1 is 1.32 bits per heavy atom. The van der Waals surface area contributed by atoms with Gasteiger partial charge in [-0.1, -0.05) is 43.6 Å². The Morgan fingerprint density at radius 2 is 2.05 bits per heavy atom. The van der Waals surface area contributed by atoms with Crippen LogP contribution >= 0.6 is 11.6 Å². The van der Waals surface area contributed by atoms with Crippen molar-refractivity contribution in [2.24, 2.45) is 0 Å². The van der Waals surface area contributed by atoms with Crippen LogP contribution in [0.5, 0.6) is 0 Å². The minimum Gasteiger partial charge on any atom is -0.314 e. The first-order valence-electron chi connectivity index (χ1n) is 6.99. The van der Waals surface area contributed by atoms with Crippen LogP contribution in [0, 0.1) is 0 Å². The van der Waals surface area contributed by atoms with Crippen LogP contribution in [0.15, 0.2) is 24.3 Å². The molecular weight excluding hydrogens is 278 g/mol. The zero-order valence-corrected chi connectivity index (χ0v) is 13.4. The molecule has 2 nitrogen and oxygen atoms in total. The summed E-state index contributed by atoms with van der Waals surface area (Å²) in [5.74, 6) is 1.32. The van der Waals surface area contributed by atoms with Crippen molar-refractivity contribution >= 4 is 22.4 Å². The highest BCUT2D eigenvalue weighted by Crippen LogP contribution is 2.17. The summed E-state index contributed by atoms with van der Waals surface area (Å²) < 4.78 is 12.0. The van der Waals surface area contributed by atoms with Crippen LogP contribution in [-0.4, -0.2) is 22.5 Å². The number of nitrogens with one attached hydrogen (secondary N) is 1. The van der Waals surface area contributed by atoms with E-state index in [0.29, 0.717) is 11.8 Å². The molecular formula is C15H24ClNOS. The fourth-order valence-electron chi connectivity index (χ4n) is 2.09. The van der Waals surface area contributed by atoms with E-state index in [2.05, 4.69) is 19.2 Å². The lowest BCUT2D eigenvalue weighted by Crippen LogP contribution is -2.28. The first kappa shape index (κ1) is 16.7. The topological polar surface area (TPSA) is 29.1 Å². The van der Waals surface area contributed by atoms with Crippen molar-refractivity contribution in [3.63, 3.8) is 0 Å². The molecule has 0 fully saturated rings. The summed E-state index contributed by atoms with van der Waals surface area (Å²) in [4.78, 5) is 0. The maximum absolute atomic E-state index is 12.0. The maximum Gasteiger partial charge on any atom is 0.0500 e. The normalized spacial score (nSPS) is 14.3. The molecule has 0 aliphatic heterocycles. The summed E-state index contributed by atoms with van der Waals surface area (Å²) in [6.45, 7) is 5.31. The summed E-state index contributed by atoms with van der Waals surface area (Å²) in [6, 6.07) is 8.20. The smallest absolute Gasteiger partial charge is 0.0500 e. The van der Waals surface area contributed by atoms with Gasteiger partial charge in [0.15, 0.2) is 0 Å². The lowest BCUT2D eigenvalue weighted by atomic mass is 10.1. The minimum absolute atomic E-state index is 0.558. The van der Waals surface area contributed by atoms with Crippen molar-refractivity contribution in [3.05, 3.63) is 34.9 Å². The number of benzene rings is 1. The molecule has 108 valence electrons. The first-order chi connectivity index (χ1) is 9.17. The molecule has 19 heavy (non-hydrogen) atoms. The van der Waals surface area contributed by atoms with E-state index in [-0.39, 0.29) is 0 Å². The summed E-state index contributed by atoms with van der Waals surface area (Å²) in [5, 5.41) is 4.16. The summed E-state index contributed by atoms with van der Waals surface area (Å²) in [6.07, 6.45) is 3.23. The third-order valence-corrected chi connectivity index (χ3v) is 4.93. The molecule has 1 rings (SSSR count). The van der Waals surface area contributed by atoms with Gasteiger partial charge >= 0.3 is 0 Å². The van der Waals surface area contributed by atoms with E-state index in [1.807, 2.05) is 24.3 Å². The van der Waals surface area contributed by atoms with Crippen LogP contribution in [0.2, 0.25) is 5.02 Å². The van der Waals surface area contributed by atoms with Crippen LogP contribution in [0.1, 0.15) is 38.7 Å². The highest BCUT2D eigenvalue weighted by molar-refractivity contribution is 7.84. The minimum atomic E-state index is -0.816. The van der Waals surface area contributed by atoms with Gasteiger partial charge in [0, 0.05) is 33.4 Å². The second-order valence-corrected chi connectivity index (χ2v) is 6.67. The van der Waals surface area contributed by atoms with Crippen LogP contribution in [0.3, 0.4) is 0 Å². The third-order valence-electron chi connectivity index (χ3n) is 3.18. The number of rotatable bonds is 9. The predicted molar refractivity (Wildman–Crippen MR) is 85.2 cm³/mol. The van der Waals surface area contributed by atoms with E-state index in [0.717, 1.165) is 42.1 Å². The molecule has 4 heteroatoms. The number of hydrogen-bond acceptors (Lipinski definition) is 2. The first-order valence-corrected chi connectivity index (χ1v) is 8.85. The van der Waals surface area contributed by atoms with E-state index in [4.69, 9.17) is 11.6 Å². The Bertz CT molecular complexity index is 397. The molecule has 0 spiro atoms. The Kier molecular flexibility index (Phi) is 8.35. The molecule has 2 unspecified atom stereocenters. The standard InChI is InChI=1S/C15H24ClNOS/c1-3-14(17-4-2)9-7-11-19(18)12-13-8-5-6-10-15(13)16/h5-6,8,10,14,17H,3-4,7,9,11-12H2,1-2H3. The van der Waals surface area contributed by atoms with Crippen molar-refractivity contribution in [2.75, 3.05) is 12.3 Å². The van der Waals surface area contributed by atoms with Gasteiger partial charge in [0.2, 0.25) is 0 Å². The lowest BCUT2D eigenvalue weighted by molar-refractivity contribution is 0.476. The molecule has 2 atom stereocenters. The second-order valence-electron chi connectivity index (χ2n) is 4.68. The van der Waals surface area contributed by atoms with Gasteiger partial charge in [-0.05, 0) is 37.4 Å². The maximum atomic E-state index is 12.0. The van der Waals surface area contributed by atoms with E-state index in [1.54, 1.807) is 0 Å². The van der Waals surface area contributed by atoms with Crippen molar-refractivity contribution in [1.82, 2.24) is 5.32 Å². The van der Waals surface area contributed by atoms with Gasteiger partial charge in [-0.2, -0.15) is 0 Å². The predicted octanol–water partition coefficient (Wildman–Crippen LogP) is 3.76. The monoisotopic (exact) mass is 301 g/mol. The van der Waals surface area contributed by atoms with Crippen LogP contribution in [0.4, 0.5) is 0 Å². The Morgan fingerprint density at radius 3 is 2.68 bits per heavy atom. The molecule has 0 amide bonds. The van der Waals surface area contributed by atoms with Crippen LogP contribution < -0.4 is 5.32 Å². The van der Waals surface area contributed by atoms with Gasteiger partial charge in [-0.15, -0.1) is 0 Å². The van der Waals surface area contributed by atoms with Crippen LogP contribution in [0.25, 0.3) is 0 Å². The largest absolute Gasteiger partial charge is 0.314 e. The summed E-state index contributed by atoms with van der Waals surface area (Å²) in [5.41, 5.74) is 0.987. The fourth-order valence-corrected chi connectivity index (χ4v) is 3.60. The SMILES string of the molecule is CCNC(CC)CCCS(=O)Cc1ccccc1Cl. The van der Waals surface area contributed by atoms with E-state index >= 15 is 0 Å². The molecule has 1 aromatic carbocycles. The Labute approximate surface area is 124 Å². The molecule has 1 N–H and O–H groups in total. The van der Waals surface area contributed by atoms with E-state index in [1.165, 1.54) is 0 Å². The van der Waals surface area contributed by atoms with Crippen molar-refractivity contribution in [3.8, 4) is 0 Å². The molecule has 0 aliphatic rings. The van der Waals surface area contributed by atoms with Gasteiger partial charge in [-0.3, -0.25) is 4.21 Å². The zero-order valence-electron chi connectivity index (χ0n) is 11.8. The molecule has 0 bridgehead atoms. The van der Waals surface area contributed by atoms with Gasteiger partial charge in [0.1, 0.15) is 0 Å². The van der Waals surface area contributed by atoms with Crippen molar-refractivity contribution in [1.29, 1.82) is 0 Å². The van der Waals surface area contributed by atoms with Crippen LogP contribution in [-0.2, 0) is 16.6 Å². The molecule has 0 aliphatic carbocycles. The van der Waals surface area contributed by atoms with Crippen molar-refractivity contribution in [2.45, 2.75) is 44.9 Å². The molecule has 0 saturated carbocycles. The van der Waals surface area contributed by atoms with Gasteiger partial charge in [-0.25, -0.2) is 0 Å². The number of halogens is 1. The zero-order chi connectivity index (χ0) is 14.1. The average molecular weight is 302 g/mol. The lowest BCUT2D eigenvalue weighted by Gasteiger charge is -2.15. The molecule has 0 radical (unpaired) electrons. The Balaban J connectivity index is 2.30. The number of hydrogen-bond donors (Lipinski definition) is 1. The van der Waals surface area contributed by atoms with E-state index < -0.39 is 10.8 Å². The van der Waals surface area contributed by atoms with E-state index in [9.17, 15) is 4.21 Å². The van der Waals surface area contributed by atoms with Gasteiger partial charge in [0.05, 0.1) is 0 Å². The average Bonchev–Trinajstić information content (AvgIpc) is 2.40. The van der Waals surface area contributed by atoms with Gasteiger partial charge < -0.3 is 5.32 Å². The summed E-state index contributed by atoms with van der Waals surface area (Å²) >= 11 is 6.07. The summed E-state index contributed by atoms with van der Waals surface area (Å²) in [7, 11) is -0.816. The van der Waals surface area contributed by atoms with Gasteiger partial charge in [0.25, 0.3) is 0 Å². The second kappa shape index (κ2) is 9.51. The third kappa shape index (κ3) is 6.55. The Hall–Kier alpha value is -0.380. The molecule has 0 saturated heterocycles. The molecule has 1 aromatic rings. The fraction of sp³-hybridized carbons (Fsp3) is 0.600. The molecule has 0 heterocycles. The van der Waals surface area contributed by atoms with Crippen molar-refractivity contribution < 1.29 is 4.21 Å². The highest BCUT2D eigenvalue weighted by Gasteiger charge is 2.08. The highest BCUT2D eigenvalue weighted by atomic mass is 35.5.